The molecular weight excluding hydrogens is 288 g/mol. The summed E-state index contributed by atoms with van der Waals surface area (Å²) in [7, 11) is 1.58. The van der Waals surface area contributed by atoms with Gasteiger partial charge >= 0.3 is 0 Å². The van der Waals surface area contributed by atoms with E-state index in [0.717, 1.165) is 6.42 Å². The van der Waals surface area contributed by atoms with Crippen LogP contribution in [0.1, 0.15) is 23.7 Å². The second-order valence-corrected chi connectivity index (χ2v) is 4.55. The molecule has 0 radical (unpaired) electrons. The van der Waals surface area contributed by atoms with Gasteiger partial charge in [0.15, 0.2) is 11.5 Å². The molecule has 0 bridgehead atoms. The molecule has 0 saturated heterocycles. The predicted molar refractivity (Wildman–Crippen MR) is 80.5 cm³/mol. The van der Waals surface area contributed by atoms with E-state index in [-0.39, 0.29) is 18.7 Å². The highest BCUT2D eigenvalue weighted by Gasteiger charge is 2.17. The highest BCUT2D eigenvalue weighted by molar-refractivity contribution is 6.04. The highest BCUT2D eigenvalue weighted by Crippen LogP contribution is 2.32. The lowest BCUT2D eigenvalue weighted by Gasteiger charge is -2.10. The molecule has 0 saturated carbocycles. The number of rotatable bonds is 6. The average Bonchev–Trinajstić information content (AvgIpc) is 3.00. The van der Waals surface area contributed by atoms with Gasteiger partial charge in [0, 0.05) is 19.2 Å². The molecule has 22 heavy (non-hydrogen) atoms. The maximum atomic E-state index is 12.3. The fourth-order valence-corrected chi connectivity index (χ4v) is 1.76. The molecule has 7 nitrogen and oxygen atoms in total. The Morgan fingerprint density at radius 3 is 2.91 bits per heavy atom. The number of carbonyl (C=O) groups excluding carboxylic acids is 1. The smallest absolute Gasteiger partial charge is 0.291 e. The number of nitrogens with one attached hydrogen (secondary N) is 1. The van der Waals surface area contributed by atoms with E-state index < -0.39 is 0 Å². The minimum absolute atomic E-state index is 0.170. The van der Waals surface area contributed by atoms with Crippen molar-refractivity contribution in [2.24, 2.45) is 4.99 Å². The van der Waals surface area contributed by atoms with Crippen molar-refractivity contribution in [3.63, 3.8) is 0 Å². The zero-order chi connectivity index (χ0) is 15.8. The van der Waals surface area contributed by atoms with Gasteiger partial charge in [-0.2, -0.15) is 0 Å². The van der Waals surface area contributed by atoms with Crippen molar-refractivity contribution in [1.82, 2.24) is 5.32 Å². The van der Waals surface area contributed by atoms with Gasteiger partial charge in [-0.1, -0.05) is 6.92 Å². The van der Waals surface area contributed by atoms with Crippen molar-refractivity contribution in [3.8, 4) is 11.5 Å². The summed E-state index contributed by atoms with van der Waals surface area (Å²) in [6, 6.07) is 5.19. The van der Waals surface area contributed by atoms with E-state index >= 15 is 0 Å². The Morgan fingerprint density at radius 1 is 1.32 bits per heavy atom. The van der Waals surface area contributed by atoms with Crippen LogP contribution in [-0.2, 0) is 9.47 Å². The van der Waals surface area contributed by atoms with E-state index in [0.29, 0.717) is 36.8 Å². The lowest BCUT2D eigenvalue weighted by molar-refractivity contribution is 0.0953. The Labute approximate surface area is 129 Å². The third kappa shape index (κ3) is 4.36. The van der Waals surface area contributed by atoms with Gasteiger partial charge < -0.3 is 18.9 Å². The van der Waals surface area contributed by atoms with E-state index in [1.54, 1.807) is 25.3 Å². The summed E-state index contributed by atoms with van der Waals surface area (Å²) in [5.74, 6) is 0.873. The van der Waals surface area contributed by atoms with Gasteiger partial charge in [0.2, 0.25) is 6.79 Å². The zero-order valence-electron chi connectivity index (χ0n) is 12.8. The highest BCUT2D eigenvalue weighted by atomic mass is 16.7. The number of ether oxygens (including phenoxy) is 4. The van der Waals surface area contributed by atoms with E-state index in [4.69, 9.17) is 18.9 Å². The average molecular weight is 308 g/mol. The number of hydrogen-bond acceptors (Lipinski definition) is 6. The van der Waals surface area contributed by atoms with Crippen LogP contribution in [-0.4, -0.2) is 45.6 Å². The Bertz CT molecular complexity index is 545. The number of nitrogens with zero attached hydrogens (tertiary/aromatic N) is 1. The molecule has 0 aromatic heterocycles. The number of amides is 1. The summed E-state index contributed by atoms with van der Waals surface area (Å²) in [4.78, 5) is 16.5. The molecule has 1 aliphatic heterocycles. The van der Waals surface area contributed by atoms with Crippen LogP contribution >= 0.6 is 0 Å². The van der Waals surface area contributed by atoms with Crippen molar-refractivity contribution in [2.45, 2.75) is 13.3 Å². The van der Waals surface area contributed by atoms with Crippen LogP contribution in [0.2, 0.25) is 0 Å². The second-order valence-electron chi connectivity index (χ2n) is 4.55. The first-order chi connectivity index (χ1) is 10.7. The van der Waals surface area contributed by atoms with Crippen molar-refractivity contribution in [2.75, 3.05) is 33.7 Å². The van der Waals surface area contributed by atoms with Crippen LogP contribution in [0.15, 0.2) is 23.2 Å². The fourth-order valence-electron chi connectivity index (χ4n) is 1.76. The number of methoxy groups -OCH3 is 1. The Hall–Kier alpha value is -2.28. The van der Waals surface area contributed by atoms with Gasteiger partial charge in [-0.25, -0.2) is 4.99 Å². The van der Waals surface area contributed by atoms with Gasteiger partial charge in [0.25, 0.3) is 11.9 Å². The molecule has 120 valence electrons. The first-order valence-electron chi connectivity index (χ1n) is 7.11. The van der Waals surface area contributed by atoms with Crippen LogP contribution < -0.4 is 14.8 Å². The summed E-state index contributed by atoms with van der Waals surface area (Å²) in [5, 5.41) is 2.66. The van der Waals surface area contributed by atoms with Crippen molar-refractivity contribution < 1.29 is 23.7 Å². The molecule has 0 unspecified atom stereocenters. The van der Waals surface area contributed by atoms with Crippen LogP contribution in [0.3, 0.4) is 0 Å². The molecule has 2 rings (SSSR count). The Balaban J connectivity index is 2.00. The molecule has 0 aliphatic carbocycles. The molecule has 1 N–H and O–H groups in total. The summed E-state index contributed by atoms with van der Waals surface area (Å²) in [5.41, 5.74) is 0.448. The van der Waals surface area contributed by atoms with E-state index in [2.05, 4.69) is 10.3 Å². The fraction of sp³-hybridized carbons (Fsp3) is 0.467. The SMILES string of the molecule is CCCN=C(NC(=O)c1ccc2c(c1)OCO2)OCCOC. The van der Waals surface area contributed by atoms with E-state index in [9.17, 15) is 4.79 Å². The molecule has 0 fully saturated rings. The van der Waals surface area contributed by atoms with E-state index in [1.165, 1.54) is 0 Å². The number of benzene rings is 1. The molecule has 1 aromatic carbocycles. The van der Waals surface area contributed by atoms with E-state index in [1.807, 2.05) is 6.92 Å². The quantitative estimate of drug-likeness (QED) is 0.490. The number of aliphatic imine (C=N–C) groups is 1. The minimum Gasteiger partial charge on any atom is -0.463 e. The standard InChI is InChI=1S/C15H20N2O5/c1-3-6-16-15(20-8-7-19-2)17-14(18)11-4-5-12-13(9-11)22-10-21-12/h4-5,9H,3,6-8,10H2,1-2H3,(H,16,17,18). The van der Waals surface area contributed by atoms with Gasteiger partial charge in [-0.15, -0.1) is 0 Å². The topological polar surface area (TPSA) is 78.4 Å². The maximum Gasteiger partial charge on any atom is 0.291 e. The Morgan fingerprint density at radius 2 is 2.14 bits per heavy atom. The molecule has 0 atom stereocenters. The third-order valence-electron chi connectivity index (χ3n) is 2.86. The van der Waals surface area contributed by atoms with Crippen LogP contribution in [0.4, 0.5) is 0 Å². The second kappa shape index (κ2) is 8.23. The van der Waals surface area contributed by atoms with Crippen molar-refractivity contribution >= 4 is 11.9 Å². The Kier molecular flexibility index (Phi) is 6.02. The number of carbonyl (C=O) groups is 1. The van der Waals surface area contributed by atoms with Gasteiger partial charge in [-0.3, -0.25) is 10.1 Å². The lowest BCUT2D eigenvalue weighted by atomic mass is 10.2. The first kappa shape index (κ1) is 16.1. The van der Waals surface area contributed by atoms with Gasteiger partial charge in [-0.05, 0) is 24.6 Å². The van der Waals surface area contributed by atoms with Crippen LogP contribution in [0.25, 0.3) is 0 Å². The predicted octanol–water partition coefficient (Wildman–Crippen LogP) is 1.57. The number of hydrogen-bond donors (Lipinski definition) is 1. The van der Waals surface area contributed by atoms with Crippen LogP contribution in [0.5, 0.6) is 11.5 Å². The monoisotopic (exact) mass is 308 g/mol. The number of fused-ring (bicyclic) bond motifs is 1. The summed E-state index contributed by atoms with van der Waals surface area (Å²) >= 11 is 0. The zero-order valence-corrected chi connectivity index (χ0v) is 12.8. The largest absolute Gasteiger partial charge is 0.463 e. The maximum absolute atomic E-state index is 12.3. The molecule has 0 spiro atoms. The summed E-state index contributed by atoms with van der Waals surface area (Å²) < 4.78 is 20.8. The summed E-state index contributed by atoms with van der Waals surface area (Å²) in [6.45, 7) is 3.48. The summed E-state index contributed by atoms with van der Waals surface area (Å²) in [6.07, 6.45) is 0.858. The van der Waals surface area contributed by atoms with Crippen LogP contribution in [0, 0.1) is 0 Å². The molecule has 1 heterocycles. The normalized spacial score (nSPS) is 13.1. The lowest BCUT2D eigenvalue weighted by Crippen LogP contribution is -2.33. The number of amidine groups is 1. The minimum atomic E-state index is -0.314. The molecule has 1 aliphatic rings. The molecular formula is C15H20N2O5. The molecule has 1 aromatic rings. The van der Waals surface area contributed by atoms with Gasteiger partial charge in [0.1, 0.15) is 6.61 Å². The van der Waals surface area contributed by atoms with Gasteiger partial charge in [0.05, 0.1) is 6.61 Å². The molecule has 7 heteroatoms. The van der Waals surface area contributed by atoms with Crippen molar-refractivity contribution in [3.05, 3.63) is 23.8 Å². The third-order valence-corrected chi connectivity index (χ3v) is 2.86. The van der Waals surface area contributed by atoms with Crippen molar-refractivity contribution in [1.29, 1.82) is 0 Å². The first-order valence-corrected chi connectivity index (χ1v) is 7.11. The molecule has 1 amide bonds.